The molecular weight excluding hydrogens is 546 g/mol. The van der Waals surface area contributed by atoms with Gasteiger partial charge in [0.05, 0.1) is 23.3 Å². The number of imide groups is 1. The van der Waals surface area contributed by atoms with Gasteiger partial charge in [-0.25, -0.2) is 4.79 Å². The maximum Gasteiger partial charge on any atom is 0.341 e. The van der Waals surface area contributed by atoms with E-state index in [1.54, 1.807) is 31.2 Å². The standard InChI is InChI=1S/C30H31N3O5S2/c1-3-38-30(37)25-22-13-15-32(17-19-9-5-4-6-10-19)18-24(22)40-27(25)31-26(34)23(14-16-39-2)33-28(35)20-11-7-8-12-21(20)29(33)36/h4-12,23H,3,13-18H2,1-2H3,(H,31,34)/t23-/m0/s1. The molecule has 0 unspecified atom stereocenters. The summed E-state index contributed by atoms with van der Waals surface area (Å²) in [5.41, 5.74) is 3.07. The second-order valence-electron chi connectivity index (χ2n) is 9.69. The first-order valence-electron chi connectivity index (χ1n) is 13.3. The van der Waals surface area contributed by atoms with Crippen molar-refractivity contribution < 1.29 is 23.9 Å². The number of ether oxygens (including phenoxy) is 1. The molecule has 1 aromatic heterocycles. The number of esters is 1. The fraction of sp³-hybridized carbons (Fsp3) is 0.333. The second kappa shape index (κ2) is 12.4. The molecule has 208 valence electrons. The highest BCUT2D eigenvalue weighted by Crippen LogP contribution is 2.38. The first-order chi connectivity index (χ1) is 19.4. The van der Waals surface area contributed by atoms with Gasteiger partial charge in [0.1, 0.15) is 11.0 Å². The van der Waals surface area contributed by atoms with Crippen LogP contribution in [0.1, 0.15) is 60.4 Å². The second-order valence-corrected chi connectivity index (χ2v) is 11.8. The molecule has 0 spiro atoms. The van der Waals surface area contributed by atoms with Gasteiger partial charge in [0.15, 0.2) is 0 Å². The van der Waals surface area contributed by atoms with Gasteiger partial charge in [0, 0.05) is 24.5 Å². The predicted molar refractivity (Wildman–Crippen MR) is 157 cm³/mol. The Balaban J connectivity index is 1.42. The van der Waals surface area contributed by atoms with Crippen LogP contribution in [0.4, 0.5) is 5.00 Å². The first-order valence-corrected chi connectivity index (χ1v) is 15.5. The number of nitrogens with one attached hydrogen (secondary N) is 1. The summed E-state index contributed by atoms with van der Waals surface area (Å²) in [6, 6.07) is 15.8. The lowest BCUT2D eigenvalue weighted by Gasteiger charge is -2.27. The normalized spacial score (nSPS) is 15.5. The molecule has 0 aliphatic carbocycles. The number of hydrogen-bond acceptors (Lipinski definition) is 8. The van der Waals surface area contributed by atoms with Crippen LogP contribution < -0.4 is 5.32 Å². The molecule has 40 heavy (non-hydrogen) atoms. The van der Waals surface area contributed by atoms with Crippen molar-refractivity contribution in [1.29, 1.82) is 0 Å². The van der Waals surface area contributed by atoms with Gasteiger partial charge in [-0.2, -0.15) is 11.8 Å². The van der Waals surface area contributed by atoms with Crippen molar-refractivity contribution in [3.05, 3.63) is 87.3 Å². The van der Waals surface area contributed by atoms with Gasteiger partial charge in [-0.3, -0.25) is 24.2 Å². The largest absolute Gasteiger partial charge is 0.462 e. The molecule has 0 radical (unpaired) electrons. The topological polar surface area (TPSA) is 96.0 Å². The van der Waals surface area contributed by atoms with Crippen LogP contribution in [0, 0.1) is 0 Å². The van der Waals surface area contributed by atoms with Gasteiger partial charge in [0.2, 0.25) is 5.91 Å². The van der Waals surface area contributed by atoms with E-state index in [2.05, 4.69) is 22.3 Å². The van der Waals surface area contributed by atoms with Crippen molar-refractivity contribution in [2.75, 3.05) is 30.5 Å². The van der Waals surface area contributed by atoms with Crippen LogP contribution in [-0.2, 0) is 29.0 Å². The summed E-state index contributed by atoms with van der Waals surface area (Å²) >= 11 is 2.89. The van der Waals surface area contributed by atoms with Gasteiger partial charge < -0.3 is 10.1 Å². The average molecular weight is 578 g/mol. The fourth-order valence-electron chi connectivity index (χ4n) is 5.23. The molecule has 3 amide bonds. The molecule has 1 N–H and O–H groups in total. The van der Waals surface area contributed by atoms with Crippen LogP contribution in [0.25, 0.3) is 0 Å². The van der Waals surface area contributed by atoms with Crippen LogP contribution in [0.2, 0.25) is 0 Å². The van der Waals surface area contributed by atoms with E-state index in [9.17, 15) is 19.2 Å². The van der Waals surface area contributed by atoms with Crippen LogP contribution in [0.5, 0.6) is 0 Å². The Kier molecular flexibility index (Phi) is 8.68. The van der Waals surface area contributed by atoms with Crippen molar-refractivity contribution in [3.63, 3.8) is 0 Å². The molecular formula is C30H31N3O5S2. The van der Waals surface area contributed by atoms with Gasteiger partial charge in [-0.1, -0.05) is 42.5 Å². The number of rotatable bonds is 10. The van der Waals surface area contributed by atoms with Crippen molar-refractivity contribution in [1.82, 2.24) is 9.80 Å². The predicted octanol–water partition coefficient (Wildman–Crippen LogP) is 4.84. The van der Waals surface area contributed by atoms with Crippen LogP contribution >= 0.6 is 23.1 Å². The maximum atomic E-state index is 13.8. The van der Waals surface area contributed by atoms with Gasteiger partial charge in [0.25, 0.3) is 11.8 Å². The monoisotopic (exact) mass is 577 g/mol. The van der Waals surface area contributed by atoms with E-state index >= 15 is 0 Å². The van der Waals surface area contributed by atoms with E-state index in [4.69, 9.17) is 4.74 Å². The minimum atomic E-state index is -1.01. The van der Waals surface area contributed by atoms with Gasteiger partial charge in [-0.05, 0) is 55.0 Å². The van der Waals surface area contributed by atoms with Crippen LogP contribution in [-0.4, -0.2) is 64.7 Å². The molecule has 1 atom stereocenters. The van der Waals surface area contributed by atoms with E-state index in [-0.39, 0.29) is 6.61 Å². The summed E-state index contributed by atoms with van der Waals surface area (Å²) < 4.78 is 5.38. The number of amides is 3. The summed E-state index contributed by atoms with van der Waals surface area (Å²) in [5, 5.41) is 3.33. The van der Waals surface area contributed by atoms with Gasteiger partial charge in [-0.15, -0.1) is 11.3 Å². The molecule has 0 saturated heterocycles. The Labute approximate surface area is 241 Å². The third-order valence-electron chi connectivity index (χ3n) is 7.14. The summed E-state index contributed by atoms with van der Waals surface area (Å²) in [6.45, 7) is 4.15. The average Bonchev–Trinajstić information content (AvgIpc) is 3.43. The molecule has 0 bridgehead atoms. The van der Waals surface area contributed by atoms with Crippen molar-refractivity contribution in [2.24, 2.45) is 0 Å². The number of nitrogens with zero attached hydrogens (tertiary/aromatic N) is 2. The minimum absolute atomic E-state index is 0.211. The number of carbonyl (C=O) groups is 4. The Morgan fingerprint density at radius 1 is 1.05 bits per heavy atom. The number of carbonyl (C=O) groups excluding carboxylic acids is 4. The zero-order valence-electron chi connectivity index (χ0n) is 22.5. The third-order valence-corrected chi connectivity index (χ3v) is 8.91. The SMILES string of the molecule is CCOC(=O)c1c(NC(=O)[C@H](CCSC)N2C(=O)c3ccccc3C2=O)sc2c1CCN(Cc1ccccc1)C2. The van der Waals surface area contributed by atoms with Crippen LogP contribution in [0.3, 0.4) is 0 Å². The molecule has 2 aromatic carbocycles. The summed E-state index contributed by atoms with van der Waals surface area (Å²) in [6.07, 6.45) is 2.85. The van der Waals surface area contributed by atoms with Crippen molar-refractivity contribution >= 4 is 51.8 Å². The molecule has 8 nitrogen and oxygen atoms in total. The number of fused-ring (bicyclic) bond motifs is 2. The number of thioether (sulfide) groups is 1. The first kappa shape index (κ1) is 28.1. The van der Waals surface area contributed by atoms with E-state index in [1.165, 1.54) is 28.7 Å². The Bertz CT molecular complexity index is 1400. The number of thiophene rings is 1. The van der Waals surface area contributed by atoms with E-state index in [1.807, 2.05) is 24.5 Å². The number of anilines is 1. The molecule has 5 rings (SSSR count). The highest BCUT2D eigenvalue weighted by molar-refractivity contribution is 7.98. The quantitative estimate of drug-likeness (QED) is 0.272. The molecule has 10 heteroatoms. The lowest BCUT2D eigenvalue weighted by molar-refractivity contribution is -0.120. The minimum Gasteiger partial charge on any atom is -0.462 e. The lowest BCUT2D eigenvalue weighted by atomic mass is 10.0. The molecule has 3 aromatic rings. The van der Waals surface area contributed by atoms with Crippen molar-refractivity contribution in [2.45, 2.75) is 38.9 Å². The number of benzene rings is 2. The Morgan fingerprint density at radius 3 is 2.38 bits per heavy atom. The van der Waals surface area contributed by atoms with Crippen LogP contribution in [0.15, 0.2) is 54.6 Å². The number of hydrogen-bond donors (Lipinski definition) is 1. The molecule has 0 fully saturated rings. The lowest BCUT2D eigenvalue weighted by Crippen LogP contribution is -2.47. The van der Waals surface area contributed by atoms with E-state index < -0.39 is 29.7 Å². The van der Waals surface area contributed by atoms with E-state index in [0.717, 1.165) is 28.4 Å². The summed E-state index contributed by atoms with van der Waals surface area (Å²) in [7, 11) is 0. The van der Waals surface area contributed by atoms with Gasteiger partial charge >= 0.3 is 5.97 Å². The highest BCUT2D eigenvalue weighted by Gasteiger charge is 2.43. The molecule has 2 aliphatic heterocycles. The smallest absolute Gasteiger partial charge is 0.341 e. The highest BCUT2D eigenvalue weighted by atomic mass is 32.2. The molecule has 3 heterocycles. The molecule has 2 aliphatic rings. The van der Waals surface area contributed by atoms with E-state index in [0.29, 0.717) is 46.8 Å². The maximum absolute atomic E-state index is 13.8. The Morgan fingerprint density at radius 2 is 1.73 bits per heavy atom. The Hall–Kier alpha value is -3.47. The van der Waals surface area contributed by atoms with Crippen molar-refractivity contribution in [3.8, 4) is 0 Å². The zero-order valence-corrected chi connectivity index (χ0v) is 24.1. The molecule has 0 saturated carbocycles. The fourth-order valence-corrected chi connectivity index (χ4v) is 6.97. The third kappa shape index (κ3) is 5.56. The zero-order chi connectivity index (χ0) is 28.2. The summed E-state index contributed by atoms with van der Waals surface area (Å²) in [4.78, 5) is 57.7. The summed E-state index contributed by atoms with van der Waals surface area (Å²) in [5.74, 6) is -1.35.